The quantitative estimate of drug-likeness (QED) is 0.857. The zero-order chi connectivity index (χ0) is 17.9. The van der Waals surface area contributed by atoms with Gasteiger partial charge in [-0.2, -0.15) is 18.3 Å². The lowest BCUT2D eigenvalue weighted by atomic mass is 10.2. The normalized spacial score (nSPS) is 12.9. The minimum atomic E-state index is -4.81. The van der Waals surface area contributed by atoms with E-state index >= 15 is 0 Å². The van der Waals surface area contributed by atoms with Crippen LogP contribution in [0.4, 0.5) is 13.2 Å². The largest absolute Gasteiger partial charge is 0.434 e. The first kappa shape index (κ1) is 18.2. The molecule has 2 rings (SSSR count). The van der Waals surface area contributed by atoms with Crippen molar-refractivity contribution in [2.24, 2.45) is 0 Å². The Morgan fingerprint density at radius 2 is 2.17 bits per heavy atom. The molecule has 2 aromatic rings. The summed E-state index contributed by atoms with van der Waals surface area (Å²) in [7, 11) is 1.68. The molecule has 1 amide bonds. The van der Waals surface area contributed by atoms with Gasteiger partial charge in [0, 0.05) is 18.8 Å². The van der Waals surface area contributed by atoms with Crippen molar-refractivity contribution in [1.82, 2.24) is 25.4 Å². The first-order valence-corrected chi connectivity index (χ1v) is 7.35. The van der Waals surface area contributed by atoms with Gasteiger partial charge in [-0.05, 0) is 26.1 Å². The molecule has 2 heterocycles. The van der Waals surface area contributed by atoms with E-state index in [1.807, 2.05) is 0 Å². The first-order valence-electron chi connectivity index (χ1n) is 6.97. The van der Waals surface area contributed by atoms with E-state index in [1.165, 1.54) is 18.3 Å². The van der Waals surface area contributed by atoms with Gasteiger partial charge in [0.15, 0.2) is 11.5 Å². The third-order valence-corrected chi connectivity index (χ3v) is 3.58. The Bertz CT molecular complexity index is 731. The molecule has 0 fully saturated rings. The Kier molecular flexibility index (Phi) is 5.45. The Balaban J connectivity index is 2.44. The fourth-order valence-electron chi connectivity index (χ4n) is 1.92. The fraction of sp³-hybridized carbons (Fsp3) is 0.357. The lowest BCUT2D eigenvalue weighted by Crippen LogP contribution is -2.37. The number of amides is 1. The number of nitrogens with zero attached hydrogens (tertiary/aromatic N) is 3. The van der Waals surface area contributed by atoms with Crippen molar-refractivity contribution in [2.75, 3.05) is 13.6 Å². The molecule has 2 N–H and O–H groups in total. The maximum Gasteiger partial charge on any atom is 0.434 e. The van der Waals surface area contributed by atoms with Gasteiger partial charge in [0.25, 0.3) is 5.91 Å². The molecule has 0 saturated heterocycles. The predicted octanol–water partition coefficient (Wildman–Crippen LogP) is 2.28. The molecule has 1 unspecified atom stereocenters. The number of likely N-dealkylation sites (N-methyl/N-ethyl adjacent to an activating group) is 1. The van der Waals surface area contributed by atoms with E-state index in [0.717, 1.165) is 6.20 Å². The Morgan fingerprint density at radius 3 is 2.75 bits per heavy atom. The van der Waals surface area contributed by atoms with E-state index in [0.29, 0.717) is 4.68 Å². The topological polar surface area (TPSA) is 71.8 Å². The van der Waals surface area contributed by atoms with Crippen LogP contribution in [0.5, 0.6) is 0 Å². The lowest BCUT2D eigenvalue weighted by Gasteiger charge is -2.14. The molecule has 130 valence electrons. The van der Waals surface area contributed by atoms with Crippen LogP contribution >= 0.6 is 11.6 Å². The number of alkyl halides is 3. The summed E-state index contributed by atoms with van der Waals surface area (Å²) >= 11 is 5.89. The summed E-state index contributed by atoms with van der Waals surface area (Å²) in [6, 6.07) is 2.78. The summed E-state index contributed by atoms with van der Waals surface area (Å²) in [4.78, 5) is 15.9. The third kappa shape index (κ3) is 3.85. The molecule has 0 aliphatic heterocycles. The highest BCUT2D eigenvalue weighted by atomic mass is 35.5. The smallest absolute Gasteiger partial charge is 0.350 e. The van der Waals surface area contributed by atoms with Gasteiger partial charge < -0.3 is 10.6 Å². The van der Waals surface area contributed by atoms with E-state index in [-0.39, 0.29) is 23.4 Å². The summed E-state index contributed by atoms with van der Waals surface area (Å²) in [6.45, 7) is 1.95. The highest BCUT2D eigenvalue weighted by Crippen LogP contribution is 2.34. The number of carbonyl (C=O) groups is 1. The van der Waals surface area contributed by atoms with Crippen LogP contribution in [0.1, 0.15) is 23.0 Å². The Morgan fingerprint density at radius 1 is 1.46 bits per heavy atom. The van der Waals surface area contributed by atoms with Gasteiger partial charge in [0.1, 0.15) is 0 Å². The van der Waals surface area contributed by atoms with E-state index in [2.05, 4.69) is 20.7 Å². The van der Waals surface area contributed by atoms with Gasteiger partial charge in [-0.1, -0.05) is 11.6 Å². The summed E-state index contributed by atoms with van der Waals surface area (Å²) in [5, 5.41) is 8.95. The second-order valence-corrected chi connectivity index (χ2v) is 5.43. The summed E-state index contributed by atoms with van der Waals surface area (Å²) in [6.07, 6.45) is -2.66. The molecule has 24 heavy (non-hydrogen) atoms. The van der Waals surface area contributed by atoms with Gasteiger partial charge in [-0.15, -0.1) is 0 Å². The second-order valence-electron chi connectivity index (χ2n) is 5.02. The van der Waals surface area contributed by atoms with Crippen LogP contribution in [-0.2, 0) is 6.18 Å². The molecule has 10 heteroatoms. The Labute approximate surface area is 141 Å². The van der Waals surface area contributed by atoms with Gasteiger partial charge in [0.2, 0.25) is 0 Å². The maximum absolute atomic E-state index is 13.5. The van der Waals surface area contributed by atoms with Crippen molar-refractivity contribution in [3.8, 4) is 5.82 Å². The van der Waals surface area contributed by atoms with E-state index < -0.39 is 23.3 Å². The van der Waals surface area contributed by atoms with Gasteiger partial charge in [-0.3, -0.25) is 4.79 Å². The number of pyridine rings is 1. The maximum atomic E-state index is 13.5. The van der Waals surface area contributed by atoms with Crippen molar-refractivity contribution in [3.63, 3.8) is 0 Å². The number of hydrogen-bond donors (Lipinski definition) is 2. The van der Waals surface area contributed by atoms with Crippen LogP contribution in [0.15, 0.2) is 24.5 Å². The molecule has 6 nitrogen and oxygen atoms in total. The highest BCUT2D eigenvalue weighted by molar-refractivity contribution is 6.32. The first-order chi connectivity index (χ1) is 11.3. The average molecular weight is 362 g/mol. The number of rotatable bonds is 5. The number of carbonyl (C=O) groups excluding carboxylic acids is 1. The van der Waals surface area contributed by atoms with E-state index in [4.69, 9.17) is 11.6 Å². The molecule has 2 aromatic heterocycles. The zero-order valence-electron chi connectivity index (χ0n) is 12.9. The Hall–Kier alpha value is -2.13. The SMILES string of the molecule is CNC(C)CNC(=O)c1cnn(-c2ncccc2Cl)c1C(F)(F)F. The molecule has 0 radical (unpaired) electrons. The number of aromatic nitrogens is 3. The number of hydrogen-bond acceptors (Lipinski definition) is 4. The molecule has 1 atom stereocenters. The standard InChI is InChI=1S/C14H15ClF3N5O/c1-8(19-2)6-21-13(24)9-7-22-23(11(9)14(16,17)18)12-10(15)4-3-5-20-12/h3-5,7-8,19H,6H2,1-2H3,(H,21,24). The molecular formula is C14H15ClF3N5O. The van der Waals surface area contributed by atoms with Crippen LogP contribution in [-0.4, -0.2) is 40.3 Å². The average Bonchev–Trinajstić information content (AvgIpc) is 2.97. The van der Waals surface area contributed by atoms with Crippen LogP contribution in [0.25, 0.3) is 5.82 Å². The molecular weight excluding hydrogens is 347 g/mol. The van der Waals surface area contributed by atoms with E-state index in [9.17, 15) is 18.0 Å². The van der Waals surface area contributed by atoms with Gasteiger partial charge in [0.05, 0.1) is 16.8 Å². The fourth-order valence-corrected chi connectivity index (χ4v) is 2.13. The summed E-state index contributed by atoms with van der Waals surface area (Å²) in [5.74, 6) is -1.07. The zero-order valence-corrected chi connectivity index (χ0v) is 13.6. The summed E-state index contributed by atoms with van der Waals surface area (Å²) in [5.41, 5.74) is -1.81. The number of nitrogens with one attached hydrogen (secondary N) is 2. The van der Waals surface area contributed by atoms with Crippen molar-refractivity contribution < 1.29 is 18.0 Å². The second kappa shape index (κ2) is 7.18. The predicted molar refractivity (Wildman–Crippen MR) is 82.2 cm³/mol. The third-order valence-electron chi connectivity index (χ3n) is 3.28. The molecule has 0 aromatic carbocycles. The highest BCUT2D eigenvalue weighted by Gasteiger charge is 2.41. The minimum Gasteiger partial charge on any atom is -0.350 e. The van der Waals surface area contributed by atoms with E-state index in [1.54, 1.807) is 14.0 Å². The lowest BCUT2D eigenvalue weighted by molar-refractivity contribution is -0.143. The summed E-state index contributed by atoms with van der Waals surface area (Å²) < 4.78 is 40.9. The van der Waals surface area contributed by atoms with Gasteiger partial charge >= 0.3 is 6.18 Å². The molecule has 0 aliphatic carbocycles. The molecule has 0 aliphatic rings. The van der Waals surface area contributed by atoms with Crippen LogP contribution in [0.3, 0.4) is 0 Å². The molecule has 0 spiro atoms. The van der Waals surface area contributed by atoms with Crippen LogP contribution < -0.4 is 10.6 Å². The van der Waals surface area contributed by atoms with Crippen molar-refractivity contribution in [2.45, 2.75) is 19.1 Å². The van der Waals surface area contributed by atoms with Crippen LogP contribution in [0.2, 0.25) is 5.02 Å². The van der Waals surface area contributed by atoms with Crippen LogP contribution in [0, 0.1) is 0 Å². The molecule has 0 bridgehead atoms. The minimum absolute atomic E-state index is 0.0122. The van der Waals surface area contributed by atoms with Crippen molar-refractivity contribution in [3.05, 3.63) is 40.8 Å². The van der Waals surface area contributed by atoms with Crippen molar-refractivity contribution in [1.29, 1.82) is 0 Å². The molecule has 0 saturated carbocycles. The van der Waals surface area contributed by atoms with Crippen molar-refractivity contribution >= 4 is 17.5 Å². The number of halogens is 4. The van der Waals surface area contributed by atoms with Gasteiger partial charge in [-0.25, -0.2) is 9.67 Å². The monoisotopic (exact) mass is 361 g/mol.